The Morgan fingerprint density at radius 3 is 2.50 bits per heavy atom. The van der Waals surface area contributed by atoms with Crippen molar-refractivity contribution in [2.75, 3.05) is 0 Å². The highest BCUT2D eigenvalue weighted by molar-refractivity contribution is 5.60. The Kier molecular flexibility index (Phi) is 3.48. The second-order valence-electron chi connectivity index (χ2n) is 7.20. The van der Waals surface area contributed by atoms with Crippen LogP contribution in [0.25, 0.3) is 11.3 Å². The Balaban J connectivity index is 1.72. The summed E-state index contributed by atoms with van der Waals surface area (Å²) in [7, 11) is 0. The second-order valence-corrected chi connectivity index (χ2v) is 7.20. The molecule has 24 heavy (non-hydrogen) atoms. The summed E-state index contributed by atoms with van der Waals surface area (Å²) >= 11 is 0. The lowest BCUT2D eigenvalue weighted by Crippen LogP contribution is -2.08. The Labute approximate surface area is 138 Å². The van der Waals surface area contributed by atoms with E-state index >= 15 is 0 Å². The van der Waals surface area contributed by atoms with Crippen LogP contribution < -0.4 is 0 Å². The Hall–Kier alpha value is -1.85. The van der Waals surface area contributed by atoms with Gasteiger partial charge in [-0.05, 0) is 56.7 Å². The van der Waals surface area contributed by atoms with Crippen LogP contribution in [0.2, 0.25) is 0 Å². The molecule has 0 saturated heterocycles. The first-order chi connectivity index (χ1) is 11.4. The molecule has 2 aromatic rings. The minimum Gasteiger partial charge on any atom is -0.266 e. The normalized spacial score (nSPS) is 26.0. The summed E-state index contributed by atoms with van der Waals surface area (Å²) in [5.41, 5.74) is 1.39. The van der Waals surface area contributed by atoms with Gasteiger partial charge in [0.15, 0.2) is 0 Å². The SMILES string of the molecule is CC(C)n1nc(-c2ccnc(C(F)(F)F)c2)cc1C1[C@H]2CCC[C@@H]12. The van der Waals surface area contributed by atoms with E-state index in [-0.39, 0.29) is 6.04 Å². The molecule has 2 aromatic heterocycles. The lowest BCUT2D eigenvalue weighted by atomic mass is 10.1. The first kappa shape index (κ1) is 15.7. The van der Waals surface area contributed by atoms with Crippen molar-refractivity contribution in [1.29, 1.82) is 0 Å². The fourth-order valence-electron chi connectivity index (χ4n) is 4.22. The number of nitrogens with zero attached hydrogens (tertiary/aromatic N) is 3. The van der Waals surface area contributed by atoms with Crippen molar-refractivity contribution >= 4 is 0 Å². The van der Waals surface area contributed by atoms with Gasteiger partial charge in [-0.2, -0.15) is 18.3 Å². The van der Waals surface area contributed by atoms with Crippen LogP contribution in [0.15, 0.2) is 24.4 Å². The molecule has 0 aliphatic heterocycles. The highest BCUT2D eigenvalue weighted by Gasteiger charge is 2.54. The van der Waals surface area contributed by atoms with Gasteiger partial charge in [-0.15, -0.1) is 0 Å². The quantitative estimate of drug-likeness (QED) is 0.785. The molecule has 3 nitrogen and oxygen atoms in total. The van der Waals surface area contributed by atoms with Crippen molar-refractivity contribution in [2.24, 2.45) is 11.8 Å². The van der Waals surface area contributed by atoms with Crippen LogP contribution in [0, 0.1) is 11.8 Å². The van der Waals surface area contributed by atoms with Crippen LogP contribution in [-0.2, 0) is 6.18 Å². The average molecular weight is 335 g/mol. The number of fused-ring (bicyclic) bond motifs is 1. The van der Waals surface area contributed by atoms with Crippen molar-refractivity contribution in [3.8, 4) is 11.3 Å². The number of halogens is 3. The number of hydrogen-bond donors (Lipinski definition) is 0. The van der Waals surface area contributed by atoms with Crippen LogP contribution in [0.1, 0.15) is 56.5 Å². The van der Waals surface area contributed by atoms with Gasteiger partial charge in [0.1, 0.15) is 5.69 Å². The summed E-state index contributed by atoms with van der Waals surface area (Å²) in [5, 5.41) is 4.61. The number of aromatic nitrogens is 3. The van der Waals surface area contributed by atoms with E-state index in [0.717, 1.165) is 17.9 Å². The lowest BCUT2D eigenvalue weighted by molar-refractivity contribution is -0.141. The van der Waals surface area contributed by atoms with E-state index in [1.807, 2.05) is 10.7 Å². The molecule has 2 heterocycles. The highest BCUT2D eigenvalue weighted by atomic mass is 19.4. The zero-order valence-electron chi connectivity index (χ0n) is 13.7. The Morgan fingerprint density at radius 1 is 1.17 bits per heavy atom. The van der Waals surface area contributed by atoms with Gasteiger partial charge in [0.2, 0.25) is 0 Å². The zero-order chi connectivity index (χ0) is 17.1. The molecule has 0 radical (unpaired) electrons. The first-order valence-electron chi connectivity index (χ1n) is 8.49. The van der Waals surface area contributed by atoms with Crippen molar-refractivity contribution < 1.29 is 13.2 Å². The summed E-state index contributed by atoms with van der Waals surface area (Å²) in [6, 6.07) is 4.86. The van der Waals surface area contributed by atoms with Gasteiger partial charge in [-0.25, -0.2) is 0 Å². The zero-order valence-corrected chi connectivity index (χ0v) is 13.7. The van der Waals surface area contributed by atoms with E-state index in [1.54, 1.807) is 6.07 Å². The Bertz CT molecular complexity index is 753. The summed E-state index contributed by atoms with van der Waals surface area (Å²) < 4.78 is 40.7. The summed E-state index contributed by atoms with van der Waals surface area (Å²) in [6.07, 6.45) is 0.599. The van der Waals surface area contributed by atoms with E-state index in [4.69, 9.17) is 0 Å². The van der Waals surface area contributed by atoms with Gasteiger partial charge in [-0.3, -0.25) is 9.67 Å². The smallest absolute Gasteiger partial charge is 0.266 e. The summed E-state index contributed by atoms with van der Waals surface area (Å²) in [5.74, 6) is 2.02. The summed E-state index contributed by atoms with van der Waals surface area (Å²) in [4.78, 5) is 3.43. The number of alkyl halides is 3. The maximum absolute atomic E-state index is 12.9. The molecule has 128 valence electrons. The van der Waals surface area contributed by atoms with Crippen molar-refractivity contribution in [3.05, 3.63) is 35.8 Å². The molecule has 3 atom stereocenters. The maximum Gasteiger partial charge on any atom is 0.433 e. The molecule has 0 amide bonds. The van der Waals surface area contributed by atoms with E-state index in [0.29, 0.717) is 17.2 Å². The second kappa shape index (κ2) is 5.33. The van der Waals surface area contributed by atoms with Crippen molar-refractivity contribution in [1.82, 2.24) is 14.8 Å². The fourth-order valence-corrected chi connectivity index (χ4v) is 4.22. The molecule has 2 fully saturated rings. The molecule has 6 heteroatoms. The third-order valence-electron chi connectivity index (χ3n) is 5.35. The molecule has 0 aromatic carbocycles. The van der Waals surface area contributed by atoms with Crippen molar-refractivity contribution in [3.63, 3.8) is 0 Å². The topological polar surface area (TPSA) is 30.7 Å². The third-order valence-corrected chi connectivity index (χ3v) is 5.35. The number of rotatable bonds is 3. The monoisotopic (exact) mass is 335 g/mol. The van der Waals surface area contributed by atoms with E-state index in [2.05, 4.69) is 23.9 Å². The largest absolute Gasteiger partial charge is 0.433 e. The maximum atomic E-state index is 12.9. The molecular formula is C18H20F3N3. The van der Waals surface area contributed by atoms with Gasteiger partial charge in [0, 0.05) is 29.4 Å². The van der Waals surface area contributed by atoms with Crippen LogP contribution in [-0.4, -0.2) is 14.8 Å². The predicted octanol–water partition coefficient (Wildman–Crippen LogP) is 5.06. The molecule has 2 saturated carbocycles. The van der Waals surface area contributed by atoms with Crippen molar-refractivity contribution in [2.45, 2.75) is 51.2 Å². The Morgan fingerprint density at radius 2 is 1.88 bits per heavy atom. The van der Waals surface area contributed by atoms with Crippen LogP contribution in [0.3, 0.4) is 0 Å². The minimum absolute atomic E-state index is 0.194. The fraction of sp³-hybridized carbons (Fsp3) is 0.556. The highest BCUT2D eigenvalue weighted by Crippen LogP contribution is 2.63. The molecular weight excluding hydrogens is 315 g/mol. The number of pyridine rings is 1. The minimum atomic E-state index is -4.44. The van der Waals surface area contributed by atoms with Crippen LogP contribution in [0.4, 0.5) is 13.2 Å². The van der Waals surface area contributed by atoms with E-state index < -0.39 is 11.9 Å². The van der Waals surface area contributed by atoms with Crippen LogP contribution >= 0.6 is 0 Å². The number of hydrogen-bond acceptors (Lipinski definition) is 2. The third kappa shape index (κ3) is 2.52. The molecule has 0 bridgehead atoms. The molecule has 2 aliphatic carbocycles. The van der Waals surface area contributed by atoms with Crippen LogP contribution in [0.5, 0.6) is 0 Å². The predicted molar refractivity (Wildman–Crippen MR) is 84.4 cm³/mol. The lowest BCUT2D eigenvalue weighted by Gasteiger charge is -2.12. The average Bonchev–Trinajstić information content (AvgIpc) is 2.94. The molecule has 0 spiro atoms. The van der Waals surface area contributed by atoms with Gasteiger partial charge < -0.3 is 0 Å². The molecule has 1 unspecified atom stereocenters. The van der Waals surface area contributed by atoms with Gasteiger partial charge in [-0.1, -0.05) is 6.42 Å². The first-order valence-corrected chi connectivity index (χ1v) is 8.49. The van der Waals surface area contributed by atoms with Gasteiger partial charge >= 0.3 is 6.18 Å². The molecule has 0 N–H and O–H groups in total. The standard InChI is InChI=1S/C18H20F3N3/c1-10(2)24-15(17-12-4-3-5-13(12)17)9-14(23-24)11-6-7-22-16(8-11)18(19,20)21/h6-10,12-13,17H,3-5H2,1-2H3/t12-,13+,17?. The summed E-state index contributed by atoms with van der Waals surface area (Å²) in [6.45, 7) is 4.12. The molecule has 2 aliphatic rings. The molecule has 4 rings (SSSR count). The van der Waals surface area contributed by atoms with Gasteiger partial charge in [0.25, 0.3) is 0 Å². The van der Waals surface area contributed by atoms with E-state index in [1.165, 1.54) is 31.2 Å². The van der Waals surface area contributed by atoms with Gasteiger partial charge in [0.05, 0.1) is 5.69 Å². The van der Waals surface area contributed by atoms with E-state index in [9.17, 15) is 13.2 Å².